The quantitative estimate of drug-likeness (QED) is 0.755. The number of morpholine rings is 1. The van der Waals surface area contributed by atoms with E-state index in [1.165, 1.54) is 0 Å². The van der Waals surface area contributed by atoms with Gasteiger partial charge in [-0.25, -0.2) is 9.97 Å². The number of hydrogen-bond donors (Lipinski definition) is 1. The summed E-state index contributed by atoms with van der Waals surface area (Å²) in [6.45, 7) is 1.56. The van der Waals surface area contributed by atoms with E-state index in [4.69, 9.17) is 9.72 Å². The van der Waals surface area contributed by atoms with Crippen molar-refractivity contribution in [3.8, 4) is 17.3 Å². The summed E-state index contributed by atoms with van der Waals surface area (Å²) in [7, 11) is 0. The lowest BCUT2D eigenvalue weighted by Gasteiger charge is -2.39. The van der Waals surface area contributed by atoms with Crippen LogP contribution in [0, 0.1) is 0 Å². The Balaban J connectivity index is 1.59. The van der Waals surface area contributed by atoms with Crippen LogP contribution < -0.4 is 10.2 Å². The average molecular weight is 348 g/mol. The maximum absolute atomic E-state index is 12.2. The molecule has 0 saturated carbocycles. The van der Waals surface area contributed by atoms with Crippen molar-refractivity contribution in [2.75, 3.05) is 30.0 Å². The zero-order valence-electron chi connectivity index (χ0n) is 13.9. The molecule has 130 valence electrons. The van der Waals surface area contributed by atoms with Gasteiger partial charge in [0.25, 0.3) is 0 Å². The minimum absolute atomic E-state index is 0.0823. The average Bonchev–Trinajstić information content (AvgIpc) is 3.19. The fraction of sp³-hybridized carbons (Fsp3) is 0.222. The number of carbonyl (C=O) groups excluding carboxylic acids is 1. The largest absolute Gasteiger partial charge is 0.377 e. The summed E-state index contributed by atoms with van der Waals surface area (Å²) in [6.07, 6.45) is 5.21. The Morgan fingerprint density at radius 3 is 2.96 bits per heavy atom. The summed E-state index contributed by atoms with van der Waals surface area (Å²) >= 11 is 0. The first-order chi connectivity index (χ1) is 12.8. The minimum Gasteiger partial charge on any atom is -0.377 e. The van der Waals surface area contributed by atoms with Gasteiger partial charge in [-0.15, -0.1) is 0 Å². The number of imidazole rings is 1. The van der Waals surface area contributed by atoms with Gasteiger partial charge in [-0.3, -0.25) is 9.36 Å². The number of anilines is 2. The maximum Gasteiger partial charge on any atom is 0.249 e. The number of aromatic nitrogens is 4. The lowest BCUT2D eigenvalue weighted by Crippen LogP contribution is -2.55. The highest BCUT2D eigenvalue weighted by Gasteiger charge is 2.36. The Morgan fingerprint density at radius 1 is 1.19 bits per heavy atom. The molecule has 8 nitrogen and oxygen atoms in total. The number of benzene rings is 1. The zero-order chi connectivity index (χ0) is 17.5. The van der Waals surface area contributed by atoms with Crippen LogP contribution in [0.1, 0.15) is 0 Å². The van der Waals surface area contributed by atoms with E-state index in [9.17, 15) is 4.79 Å². The molecule has 1 aromatic carbocycles. The number of carbonyl (C=O) groups is 1. The van der Waals surface area contributed by atoms with E-state index in [0.29, 0.717) is 31.4 Å². The van der Waals surface area contributed by atoms with Crippen LogP contribution in [0.25, 0.3) is 17.3 Å². The van der Waals surface area contributed by atoms with Crippen LogP contribution in [0.15, 0.2) is 48.9 Å². The van der Waals surface area contributed by atoms with Crippen molar-refractivity contribution in [2.24, 2.45) is 0 Å². The second-order valence-electron chi connectivity index (χ2n) is 6.17. The molecule has 1 N–H and O–H groups in total. The maximum atomic E-state index is 12.2. The summed E-state index contributed by atoms with van der Waals surface area (Å²) < 4.78 is 7.29. The molecule has 0 radical (unpaired) electrons. The normalized spacial score (nSPS) is 18.8. The highest BCUT2D eigenvalue weighted by atomic mass is 16.5. The van der Waals surface area contributed by atoms with Crippen molar-refractivity contribution < 1.29 is 9.53 Å². The Kier molecular flexibility index (Phi) is 3.42. The number of fused-ring (bicyclic) bond motifs is 3. The van der Waals surface area contributed by atoms with Gasteiger partial charge < -0.3 is 15.0 Å². The number of nitrogens with zero attached hydrogens (tertiary/aromatic N) is 5. The molecule has 5 rings (SSSR count). The van der Waals surface area contributed by atoms with Crippen LogP contribution >= 0.6 is 0 Å². The van der Waals surface area contributed by atoms with Gasteiger partial charge in [-0.1, -0.05) is 30.3 Å². The van der Waals surface area contributed by atoms with Crippen LogP contribution in [-0.4, -0.2) is 51.2 Å². The molecule has 8 heteroatoms. The van der Waals surface area contributed by atoms with E-state index in [1.54, 1.807) is 12.4 Å². The predicted octanol–water partition coefficient (Wildman–Crippen LogP) is 1.49. The zero-order valence-corrected chi connectivity index (χ0v) is 13.9. The van der Waals surface area contributed by atoms with Gasteiger partial charge in [-0.2, -0.15) is 4.98 Å². The monoisotopic (exact) mass is 348 g/mol. The fourth-order valence-corrected chi connectivity index (χ4v) is 3.34. The van der Waals surface area contributed by atoms with Crippen LogP contribution in [0.2, 0.25) is 0 Å². The first-order valence-electron chi connectivity index (χ1n) is 8.43. The highest BCUT2D eigenvalue weighted by molar-refractivity contribution is 6.02. The van der Waals surface area contributed by atoms with Gasteiger partial charge in [0, 0.05) is 24.5 Å². The van der Waals surface area contributed by atoms with Crippen molar-refractivity contribution in [3.05, 3.63) is 48.9 Å². The Hall–Kier alpha value is -3.26. The van der Waals surface area contributed by atoms with Crippen LogP contribution in [-0.2, 0) is 9.53 Å². The minimum atomic E-state index is -0.351. The topological polar surface area (TPSA) is 85.2 Å². The second kappa shape index (κ2) is 5.92. The Labute approximate surface area is 149 Å². The molecule has 0 spiro atoms. The molecule has 3 aromatic rings. The van der Waals surface area contributed by atoms with Crippen LogP contribution in [0.5, 0.6) is 0 Å². The van der Waals surface area contributed by atoms with E-state index in [1.807, 2.05) is 46.0 Å². The van der Waals surface area contributed by atoms with Gasteiger partial charge in [0.05, 0.1) is 19.4 Å². The molecule has 4 heterocycles. The molecule has 0 aliphatic carbocycles. The van der Waals surface area contributed by atoms with E-state index >= 15 is 0 Å². The lowest BCUT2D eigenvalue weighted by molar-refractivity contribution is -0.120. The molecule has 26 heavy (non-hydrogen) atoms. The van der Waals surface area contributed by atoms with Crippen LogP contribution in [0.4, 0.5) is 11.5 Å². The van der Waals surface area contributed by atoms with E-state index in [0.717, 1.165) is 17.2 Å². The highest BCUT2D eigenvalue weighted by Crippen LogP contribution is 2.32. The molecule has 1 unspecified atom stereocenters. The molecule has 2 aliphatic rings. The number of hydrogen-bond acceptors (Lipinski definition) is 6. The number of rotatable bonds is 2. The Bertz CT molecular complexity index is 971. The van der Waals surface area contributed by atoms with Crippen molar-refractivity contribution in [2.45, 2.75) is 6.04 Å². The second-order valence-corrected chi connectivity index (χ2v) is 6.17. The SMILES string of the molecule is O=C1Nc2cnc(-n3ccnc3-c3ccccc3)nc2N2CCOCC12. The van der Waals surface area contributed by atoms with Crippen molar-refractivity contribution in [3.63, 3.8) is 0 Å². The van der Waals surface area contributed by atoms with Gasteiger partial charge >= 0.3 is 0 Å². The standard InChI is InChI=1S/C18H16N6O2/c25-17-14-11-26-9-8-23(14)16-13(21-17)10-20-18(22-16)24-7-6-19-15(24)12-4-2-1-3-5-12/h1-7,10,14H,8-9,11H2,(H,21,25). The molecule has 2 aliphatic heterocycles. The van der Waals surface area contributed by atoms with Crippen molar-refractivity contribution >= 4 is 17.4 Å². The third-order valence-electron chi connectivity index (χ3n) is 4.61. The molecule has 1 atom stereocenters. The molecule has 2 aromatic heterocycles. The summed E-state index contributed by atoms with van der Waals surface area (Å²) in [6, 6.07) is 9.54. The molecular weight excluding hydrogens is 332 g/mol. The first kappa shape index (κ1) is 15.0. The summed E-state index contributed by atoms with van der Waals surface area (Å²) in [5, 5.41) is 2.87. The Morgan fingerprint density at radius 2 is 2.08 bits per heavy atom. The molecule has 1 amide bonds. The van der Waals surface area contributed by atoms with Crippen molar-refractivity contribution in [1.29, 1.82) is 0 Å². The summed E-state index contributed by atoms with van der Waals surface area (Å²) in [5.74, 6) is 1.92. The molecule has 1 saturated heterocycles. The first-order valence-corrected chi connectivity index (χ1v) is 8.43. The molecule has 0 bridgehead atoms. The smallest absolute Gasteiger partial charge is 0.249 e. The summed E-state index contributed by atoms with van der Waals surface area (Å²) in [5.41, 5.74) is 1.61. The molecular formula is C18H16N6O2. The van der Waals surface area contributed by atoms with E-state index in [2.05, 4.69) is 15.3 Å². The van der Waals surface area contributed by atoms with E-state index in [-0.39, 0.29) is 11.9 Å². The molecule has 1 fully saturated rings. The summed E-state index contributed by atoms with van der Waals surface area (Å²) in [4.78, 5) is 27.8. The number of ether oxygens (including phenoxy) is 1. The van der Waals surface area contributed by atoms with Gasteiger partial charge in [0.15, 0.2) is 5.82 Å². The number of amides is 1. The van der Waals surface area contributed by atoms with Crippen molar-refractivity contribution in [1.82, 2.24) is 19.5 Å². The van der Waals surface area contributed by atoms with Gasteiger partial charge in [-0.05, 0) is 0 Å². The number of nitrogens with one attached hydrogen (secondary N) is 1. The lowest BCUT2D eigenvalue weighted by atomic mass is 10.1. The fourth-order valence-electron chi connectivity index (χ4n) is 3.34. The van der Waals surface area contributed by atoms with Gasteiger partial charge in [0.1, 0.15) is 17.6 Å². The third-order valence-corrected chi connectivity index (χ3v) is 4.61. The van der Waals surface area contributed by atoms with Gasteiger partial charge in [0.2, 0.25) is 11.9 Å². The third kappa shape index (κ3) is 2.34. The predicted molar refractivity (Wildman–Crippen MR) is 95.2 cm³/mol. The van der Waals surface area contributed by atoms with Crippen LogP contribution in [0.3, 0.4) is 0 Å². The van der Waals surface area contributed by atoms with E-state index < -0.39 is 0 Å².